The van der Waals surface area contributed by atoms with E-state index in [1.807, 2.05) is 12.1 Å². The molecule has 1 saturated heterocycles. The Bertz CT molecular complexity index is 528. The summed E-state index contributed by atoms with van der Waals surface area (Å²) in [6, 6.07) is 7.26. The van der Waals surface area contributed by atoms with E-state index in [4.69, 9.17) is 4.74 Å². The first-order chi connectivity index (χ1) is 10.6. The van der Waals surface area contributed by atoms with E-state index in [0.29, 0.717) is 43.2 Å². The predicted octanol–water partition coefficient (Wildman–Crippen LogP) is 2.67. The molecule has 0 bridgehead atoms. The van der Waals surface area contributed by atoms with Gasteiger partial charge in [-0.2, -0.15) is 0 Å². The maximum absolute atomic E-state index is 12.5. The Morgan fingerprint density at radius 3 is 2.41 bits per heavy atom. The van der Waals surface area contributed by atoms with E-state index in [0.717, 1.165) is 12.8 Å². The molecule has 0 unspecified atom stereocenters. The number of rotatable bonds is 4. The first-order valence-corrected chi connectivity index (χ1v) is 8.07. The second kappa shape index (κ2) is 8.08. The second-order valence-electron chi connectivity index (χ2n) is 5.26. The van der Waals surface area contributed by atoms with Crippen LogP contribution < -0.4 is 0 Å². The van der Waals surface area contributed by atoms with Crippen LogP contribution in [-0.2, 0) is 4.74 Å². The smallest absolute Gasteiger partial charge is 0.409 e. The van der Waals surface area contributed by atoms with E-state index in [9.17, 15) is 9.59 Å². The summed E-state index contributed by atoms with van der Waals surface area (Å²) in [5.41, 5.74) is 0.602. The van der Waals surface area contributed by atoms with Gasteiger partial charge in [0.25, 0.3) is 5.91 Å². The van der Waals surface area contributed by atoms with Crippen LogP contribution in [0.2, 0.25) is 0 Å². The molecule has 1 aliphatic rings. The van der Waals surface area contributed by atoms with E-state index < -0.39 is 0 Å². The fourth-order valence-electron chi connectivity index (χ4n) is 2.31. The number of amides is 2. The van der Waals surface area contributed by atoms with Gasteiger partial charge in [0.15, 0.2) is 0 Å². The molecule has 2 amide bonds. The number of nitrogens with zero attached hydrogens (tertiary/aromatic N) is 2. The maximum atomic E-state index is 12.5. The summed E-state index contributed by atoms with van der Waals surface area (Å²) in [7, 11) is 0. The summed E-state index contributed by atoms with van der Waals surface area (Å²) in [6.07, 6.45) is 1.59. The fraction of sp³-hybridized carbons (Fsp3) is 0.500. The largest absolute Gasteiger partial charge is 0.449 e. The highest BCUT2D eigenvalue weighted by Gasteiger charge is 2.26. The zero-order valence-electron chi connectivity index (χ0n) is 12.8. The summed E-state index contributed by atoms with van der Waals surface area (Å²) in [5, 5.41) is 0. The minimum absolute atomic E-state index is 0.0374. The first-order valence-electron chi connectivity index (χ1n) is 7.62. The molecule has 6 heteroatoms. The lowest BCUT2D eigenvalue weighted by molar-refractivity contribution is 0.0555. The molecule has 1 fully saturated rings. The number of carbonyl (C=O) groups excluding carboxylic acids is 2. The summed E-state index contributed by atoms with van der Waals surface area (Å²) >= 11 is 4.32. The number of piperazine rings is 1. The zero-order valence-corrected chi connectivity index (χ0v) is 13.7. The number of ether oxygens (including phenoxy) is 1. The lowest BCUT2D eigenvalue weighted by Gasteiger charge is -2.34. The van der Waals surface area contributed by atoms with E-state index in [-0.39, 0.29) is 12.0 Å². The van der Waals surface area contributed by atoms with Crippen LogP contribution in [-0.4, -0.2) is 54.6 Å². The van der Waals surface area contributed by atoms with Crippen LogP contribution in [0.1, 0.15) is 30.1 Å². The number of thiol groups is 1. The van der Waals surface area contributed by atoms with Crippen LogP contribution in [0, 0.1) is 0 Å². The molecule has 0 atom stereocenters. The van der Waals surface area contributed by atoms with Crippen molar-refractivity contribution in [1.29, 1.82) is 0 Å². The van der Waals surface area contributed by atoms with Crippen LogP contribution >= 0.6 is 12.6 Å². The minimum atomic E-state index is -0.282. The highest BCUT2D eigenvalue weighted by Crippen LogP contribution is 2.16. The molecule has 5 nitrogen and oxygen atoms in total. The molecule has 0 aliphatic carbocycles. The van der Waals surface area contributed by atoms with Gasteiger partial charge in [0.1, 0.15) is 0 Å². The SMILES string of the molecule is CCCCOC(=O)N1CCN(C(=O)c2ccccc2S)CC1. The van der Waals surface area contributed by atoms with Gasteiger partial charge >= 0.3 is 6.09 Å². The molecular weight excluding hydrogens is 300 g/mol. The van der Waals surface area contributed by atoms with E-state index >= 15 is 0 Å². The van der Waals surface area contributed by atoms with Gasteiger partial charge in [-0.3, -0.25) is 4.79 Å². The zero-order chi connectivity index (χ0) is 15.9. The summed E-state index contributed by atoms with van der Waals surface area (Å²) in [4.78, 5) is 28.4. The number of benzene rings is 1. The molecule has 0 N–H and O–H groups in total. The lowest BCUT2D eigenvalue weighted by Crippen LogP contribution is -2.50. The monoisotopic (exact) mass is 322 g/mol. The Balaban J connectivity index is 1.85. The Morgan fingerprint density at radius 2 is 1.77 bits per heavy atom. The van der Waals surface area contributed by atoms with Crippen molar-refractivity contribution < 1.29 is 14.3 Å². The quantitative estimate of drug-likeness (QED) is 0.685. The first kappa shape index (κ1) is 16.7. The van der Waals surface area contributed by atoms with E-state index in [1.54, 1.807) is 21.9 Å². The Labute approximate surface area is 136 Å². The van der Waals surface area contributed by atoms with Crippen LogP contribution in [0.25, 0.3) is 0 Å². The predicted molar refractivity (Wildman–Crippen MR) is 87.4 cm³/mol. The highest BCUT2D eigenvalue weighted by atomic mass is 32.1. The summed E-state index contributed by atoms with van der Waals surface area (Å²) < 4.78 is 5.19. The van der Waals surface area contributed by atoms with Crippen molar-refractivity contribution in [3.63, 3.8) is 0 Å². The summed E-state index contributed by atoms with van der Waals surface area (Å²) in [5.74, 6) is -0.0374. The van der Waals surface area contributed by atoms with Crippen molar-refractivity contribution in [2.45, 2.75) is 24.7 Å². The van der Waals surface area contributed by atoms with Gasteiger partial charge in [-0.15, -0.1) is 12.6 Å². The molecule has 1 aliphatic heterocycles. The number of hydrogen-bond donors (Lipinski definition) is 1. The normalized spacial score (nSPS) is 14.8. The van der Waals surface area contributed by atoms with E-state index in [2.05, 4.69) is 19.6 Å². The van der Waals surface area contributed by atoms with Crippen LogP contribution in [0.4, 0.5) is 4.79 Å². The molecule has 2 rings (SSSR count). The van der Waals surface area contributed by atoms with Gasteiger partial charge in [-0.05, 0) is 18.6 Å². The average Bonchev–Trinajstić information content (AvgIpc) is 2.55. The molecule has 22 heavy (non-hydrogen) atoms. The third-order valence-corrected chi connectivity index (χ3v) is 4.07. The average molecular weight is 322 g/mol. The Hall–Kier alpha value is -1.69. The third kappa shape index (κ3) is 4.16. The standard InChI is InChI=1S/C16H22N2O3S/c1-2-3-12-21-16(20)18-10-8-17(9-11-18)15(19)13-6-4-5-7-14(13)22/h4-7,22H,2-3,8-12H2,1H3. The van der Waals surface area contributed by atoms with Crippen molar-refractivity contribution in [1.82, 2.24) is 9.80 Å². The number of carbonyl (C=O) groups is 2. The van der Waals surface area contributed by atoms with E-state index in [1.165, 1.54) is 0 Å². The van der Waals surface area contributed by atoms with Crippen molar-refractivity contribution in [2.24, 2.45) is 0 Å². The van der Waals surface area contributed by atoms with Gasteiger partial charge in [0.2, 0.25) is 0 Å². The molecule has 0 aromatic heterocycles. The topological polar surface area (TPSA) is 49.9 Å². The molecule has 0 saturated carbocycles. The molecule has 1 aromatic carbocycles. The molecule has 1 aromatic rings. The fourth-order valence-corrected chi connectivity index (χ4v) is 2.57. The van der Waals surface area contributed by atoms with Gasteiger partial charge in [-0.1, -0.05) is 25.5 Å². The Kier molecular flexibility index (Phi) is 6.12. The minimum Gasteiger partial charge on any atom is -0.449 e. The maximum Gasteiger partial charge on any atom is 0.409 e. The molecule has 120 valence electrons. The highest BCUT2D eigenvalue weighted by molar-refractivity contribution is 7.80. The van der Waals surface area contributed by atoms with Crippen molar-refractivity contribution in [2.75, 3.05) is 32.8 Å². The van der Waals surface area contributed by atoms with Gasteiger partial charge < -0.3 is 14.5 Å². The third-order valence-electron chi connectivity index (χ3n) is 3.68. The number of hydrogen-bond acceptors (Lipinski definition) is 4. The van der Waals surface area contributed by atoms with Gasteiger partial charge in [-0.25, -0.2) is 4.79 Å². The van der Waals surface area contributed by atoms with Crippen molar-refractivity contribution in [3.8, 4) is 0 Å². The number of unbranched alkanes of at least 4 members (excludes halogenated alkanes) is 1. The van der Waals surface area contributed by atoms with Crippen LogP contribution in [0.5, 0.6) is 0 Å². The molecule has 1 heterocycles. The Morgan fingerprint density at radius 1 is 1.14 bits per heavy atom. The van der Waals surface area contributed by atoms with Crippen molar-refractivity contribution >= 4 is 24.6 Å². The second-order valence-corrected chi connectivity index (χ2v) is 5.75. The molecule has 0 radical (unpaired) electrons. The molecular formula is C16H22N2O3S. The summed E-state index contributed by atoms with van der Waals surface area (Å²) in [6.45, 7) is 4.56. The van der Waals surface area contributed by atoms with Gasteiger partial charge in [0, 0.05) is 31.1 Å². The van der Waals surface area contributed by atoms with Crippen molar-refractivity contribution in [3.05, 3.63) is 29.8 Å². The lowest BCUT2D eigenvalue weighted by atomic mass is 10.2. The van der Waals surface area contributed by atoms with Gasteiger partial charge in [0.05, 0.1) is 12.2 Å². The molecule has 0 spiro atoms. The van der Waals surface area contributed by atoms with Crippen LogP contribution in [0.15, 0.2) is 29.2 Å². The van der Waals surface area contributed by atoms with Crippen LogP contribution in [0.3, 0.4) is 0 Å².